The Balaban J connectivity index is 1.42. The molecule has 170 valence electrons. The molecule has 5 aliphatic carbocycles. The van der Waals surface area contributed by atoms with Gasteiger partial charge in [-0.25, -0.2) is 0 Å². The van der Waals surface area contributed by atoms with Crippen LogP contribution in [0.3, 0.4) is 0 Å². The van der Waals surface area contributed by atoms with Crippen LogP contribution in [0.2, 0.25) is 0 Å². The van der Waals surface area contributed by atoms with Crippen LogP contribution in [-0.4, -0.2) is 28.7 Å². The SMILES string of the molecule is CC(CO)CC1C(=O)C(C)C2C1CC1C3CCC4CC(O)CCC4(C)C3CCC12C. The van der Waals surface area contributed by atoms with Gasteiger partial charge in [0.15, 0.2) is 0 Å². The highest BCUT2D eigenvalue weighted by molar-refractivity contribution is 5.86. The molecular weight excluding hydrogens is 372 g/mol. The van der Waals surface area contributed by atoms with Gasteiger partial charge in [0.2, 0.25) is 0 Å². The van der Waals surface area contributed by atoms with E-state index in [0.29, 0.717) is 34.4 Å². The van der Waals surface area contributed by atoms with Crippen molar-refractivity contribution in [1.82, 2.24) is 0 Å². The standard InChI is InChI=1S/C27H44O3/c1-15(14-28)11-21-20-13-23-19-6-5-17-12-18(29)7-9-26(17,3)22(19)8-10-27(23,4)24(20)16(2)25(21)30/h15-24,28-29H,5-14H2,1-4H3. The topological polar surface area (TPSA) is 57.5 Å². The number of rotatable bonds is 3. The molecule has 0 radical (unpaired) electrons. The van der Waals surface area contributed by atoms with Crippen molar-refractivity contribution in [3.8, 4) is 0 Å². The van der Waals surface area contributed by atoms with Gasteiger partial charge in [0, 0.05) is 18.4 Å². The number of carbonyl (C=O) groups is 1. The molecule has 12 unspecified atom stereocenters. The molecule has 5 fully saturated rings. The van der Waals surface area contributed by atoms with Gasteiger partial charge in [0.1, 0.15) is 5.78 Å². The van der Waals surface area contributed by atoms with Crippen LogP contribution < -0.4 is 0 Å². The fourth-order valence-corrected chi connectivity index (χ4v) is 10.3. The molecule has 3 heteroatoms. The smallest absolute Gasteiger partial charge is 0.139 e. The maximum Gasteiger partial charge on any atom is 0.139 e. The summed E-state index contributed by atoms with van der Waals surface area (Å²) in [6.45, 7) is 9.65. The molecule has 0 aromatic rings. The van der Waals surface area contributed by atoms with E-state index in [-0.39, 0.29) is 30.5 Å². The lowest BCUT2D eigenvalue weighted by Gasteiger charge is -2.61. The average molecular weight is 417 g/mol. The average Bonchev–Trinajstić information content (AvgIpc) is 3.15. The third-order valence-corrected chi connectivity index (χ3v) is 11.7. The molecule has 5 saturated carbocycles. The predicted octanol–water partition coefficient (Wildman–Crippen LogP) is 5.09. The Hall–Kier alpha value is -0.410. The summed E-state index contributed by atoms with van der Waals surface area (Å²) in [6, 6.07) is 0. The normalized spacial score (nSPS) is 56.1. The minimum absolute atomic E-state index is 0.0690. The van der Waals surface area contributed by atoms with E-state index in [1.54, 1.807) is 0 Å². The summed E-state index contributed by atoms with van der Waals surface area (Å²) in [5, 5.41) is 19.9. The lowest BCUT2D eigenvalue weighted by atomic mass is 9.44. The Morgan fingerprint density at radius 3 is 2.47 bits per heavy atom. The Labute approximate surface area is 183 Å². The highest BCUT2D eigenvalue weighted by atomic mass is 16.3. The van der Waals surface area contributed by atoms with Crippen molar-refractivity contribution in [2.24, 2.45) is 64.1 Å². The molecule has 0 aromatic heterocycles. The zero-order valence-corrected chi connectivity index (χ0v) is 19.6. The first kappa shape index (κ1) is 21.4. The molecule has 0 saturated heterocycles. The minimum atomic E-state index is -0.0690. The van der Waals surface area contributed by atoms with Crippen LogP contribution in [0.15, 0.2) is 0 Å². The molecule has 0 bridgehead atoms. The molecule has 0 spiro atoms. The Bertz CT molecular complexity index is 690. The molecule has 12 atom stereocenters. The summed E-state index contributed by atoms with van der Waals surface area (Å²) in [5.74, 6) is 5.37. The van der Waals surface area contributed by atoms with Gasteiger partial charge in [-0.05, 0) is 110 Å². The zero-order chi connectivity index (χ0) is 21.4. The Morgan fingerprint density at radius 1 is 1.00 bits per heavy atom. The van der Waals surface area contributed by atoms with Crippen LogP contribution >= 0.6 is 0 Å². The van der Waals surface area contributed by atoms with Gasteiger partial charge in [-0.15, -0.1) is 0 Å². The van der Waals surface area contributed by atoms with Crippen molar-refractivity contribution in [3.63, 3.8) is 0 Å². The summed E-state index contributed by atoms with van der Waals surface area (Å²) in [5.41, 5.74) is 0.753. The first-order valence-electron chi connectivity index (χ1n) is 13.0. The summed E-state index contributed by atoms with van der Waals surface area (Å²) in [6.07, 6.45) is 10.6. The van der Waals surface area contributed by atoms with E-state index in [1.165, 1.54) is 38.5 Å². The maximum absolute atomic E-state index is 13.2. The summed E-state index contributed by atoms with van der Waals surface area (Å²) >= 11 is 0. The van der Waals surface area contributed by atoms with Crippen LogP contribution in [0.25, 0.3) is 0 Å². The number of hydrogen-bond donors (Lipinski definition) is 2. The monoisotopic (exact) mass is 416 g/mol. The minimum Gasteiger partial charge on any atom is -0.396 e. The lowest BCUT2D eigenvalue weighted by Crippen LogP contribution is -2.54. The van der Waals surface area contributed by atoms with E-state index in [0.717, 1.165) is 37.0 Å². The van der Waals surface area contributed by atoms with Crippen LogP contribution in [0.4, 0.5) is 0 Å². The van der Waals surface area contributed by atoms with E-state index in [4.69, 9.17) is 0 Å². The number of aliphatic hydroxyl groups excluding tert-OH is 2. The number of Topliss-reactive ketones (excluding diaryl/α,β-unsaturated/α-hetero) is 1. The fourth-order valence-electron chi connectivity index (χ4n) is 10.3. The first-order valence-corrected chi connectivity index (χ1v) is 13.0. The molecule has 0 aliphatic heterocycles. The maximum atomic E-state index is 13.2. The summed E-state index contributed by atoms with van der Waals surface area (Å²) in [7, 11) is 0. The number of ketones is 1. The number of carbonyl (C=O) groups excluding carboxylic acids is 1. The van der Waals surface area contributed by atoms with Crippen molar-refractivity contribution < 1.29 is 15.0 Å². The van der Waals surface area contributed by atoms with E-state index in [9.17, 15) is 15.0 Å². The molecule has 5 aliphatic rings. The van der Waals surface area contributed by atoms with Gasteiger partial charge in [0.25, 0.3) is 0 Å². The summed E-state index contributed by atoms with van der Waals surface area (Å²) < 4.78 is 0. The molecule has 30 heavy (non-hydrogen) atoms. The van der Waals surface area contributed by atoms with Crippen LogP contribution in [-0.2, 0) is 4.79 Å². The molecule has 0 amide bonds. The van der Waals surface area contributed by atoms with Crippen LogP contribution in [0.1, 0.15) is 85.5 Å². The van der Waals surface area contributed by atoms with Crippen molar-refractivity contribution in [2.75, 3.05) is 6.61 Å². The van der Waals surface area contributed by atoms with Crippen molar-refractivity contribution in [1.29, 1.82) is 0 Å². The molecule has 3 nitrogen and oxygen atoms in total. The quantitative estimate of drug-likeness (QED) is 0.674. The number of aliphatic hydroxyl groups is 2. The second kappa shape index (κ2) is 7.30. The highest BCUT2D eigenvalue weighted by Crippen LogP contribution is 2.71. The van der Waals surface area contributed by atoms with Crippen molar-refractivity contribution in [2.45, 2.75) is 91.6 Å². The third-order valence-electron chi connectivity index (χ3n) is 11.7. The molecular formula is C27H44O3. The lowest BCUT2D eigenvalue weighted by molar-refractivity contribution is -0.135. The van der Waals surface area contributed by atoms with E-state index < -0.39 is 0 Å². The van der Waals surface area contributed by atoms with Gasteiger partial charge in [-0.3, -0.25) is 4.79 Å². The van der Waals surface area contributed by atoms with E-state index in [1.807, 2.05) is 0 Å². The highest BCUT2D eigenvalue weighted by Gasteiger charge is 2.67. The van der Waals surface area contributed by atoms with Gasteiger partial charge in [-0.1, -0.05) is 27.7 Å². The van der Waals surface area contributed by atoms with Crippen LogP contribution in [0, 0.1) is 64.1 Å². The van der Waals surface area contributed by atoms with Gasteiger partial charge >= 0.3 is 0 Å². The summed E-state index contributed by atoms with van der Waals surface area (Å²) in [4.78, 5) is 13.2. The predicted molar refractivity (Wildman–Crippen MR) is 119 cm³/mol. The Morgan fingerprint density at radius 2 is 1.73 bits per heavy atom. The molecule has 5 rings (SSSR count). The van der Waals surface area contributed by atoms with Gasteiger partial charge in [0.05, 0.1) is 6.10 Å². The van der Waals surface area contributed by atoms with Gasteiger partial charge in [-0.2, -0.15) is 0 Å². The molecule has 0 heterocycles. The van der Waals surface area contributed by atoms with Crippen molar-refractivity contribution >= 4 is 5.78 Å². The molecule has 0 aromatic carbocycles. The van der Waals surface area contributed by atoms with E-state index in [2.05, 4.69) is 27.7 Å². The zero-order valence-electron chi connectivity index (χ0n) is 19.6. The number of fused-ring (bicyclic) bond motifs is 7. The second-order valence-electron chi connectivity index (χ2n) is 12.9. The Kier molecular flexibility index (Phi) is 5.22. The first-order chi connectivity index (χ1) is 14.2. The van der Waals surface area contributed by atoms with Crippen LogP contribution in [0.5, 0.6) is 0 Å². The van der Waals surface area contributed by atoms with Gasteiger partial charge < -0.3 is 10.2 Å². The third kappa shape index (κ3) is 2.86. The number of hydrogen-bond acceptors (Lipinski definition) is 3. The molecule has 2 N–H and O–H groups in total. The second-order valence-corrected chi connectivity index (χ2v) is 12.9. The fraction of sp³-hybridized carbons (Fsp3) is 0.963. The largest absolute Gasteiger partial charge is 0.396 e. The van der Waals surface area contributed by atoms with Crippen molar-refractivity contribution in [3.05, 3.63) is 0 Å². The van der Waals surface area contributed by atoms with E-state index >= 15 is 0 Å².